The Balaban J connectivity index is 1.40. The van der Waals surface area contributed by atoms with E-state index in [2.05, 4.69) is 36.6 Å². The Morgan fingerprint density at radius 2 is 1.83 bits per heavy atom. The number of pyridine rings is 1. The Kier molecular flexibility index (Phi) is 5.92. The molecule has 0 radical (unpaired) electrons. The summed E-state index contributed by atoms with van der Waals surface area (Å²) >= 11 is 0. The molecule has 8 heteroatoms. The van der Waals surface area contributed by atoms with Gasteiger partial charge in [-0.25, -0.2) is 9.97 Å². The average Bonchev–Trinajstić information content (AvgIpc) is 2.80. The molecule has 0 bridgehead atoms. The minimum Gasteiger partial charge on any atom is -0.378 e. The summed E-state index contributed by atoms with van der Waals surface area (Å²) < 4.78 is 5.44. The zero-order chi connectivity index (χ0) is 19.9. The maximum Gasteiger partial charge on any atom is 0.271 e. The second-order valence-electron chi connectivity index (χ2n) is 6.57. The number of carbonyl (C=O) groups is 1. The fraction of sp³-hybridized carbons (Fsp3) is 0.238. The topological polar surface area (TPSA) is 92.3 Å². The van der Waals surface area contributed by atoms with Gasteiger partial charge < -0.3 is 20.3 Å². The molecule has 29 heavy (non-hydrogen) atoms. The van der Waals surface area contributed by atoms with E-state index in [0.717, 1.165) is 43.2 Å². The molecule has 3 aromatic rings. The maximum absolute atomic E-state index is 12.3. The highest BCUT2D eigenvalue weighted by Crippen LogP contribution is 2.28. The lowest BCUT2D eigenvalue weighted by molar-refractivity contribution is 0.0945. The number of nitrogens with zero attached hydrogens (tertiary/aromatic N) is 4. The smallest absolute Gasteiger partial charge is 0.271 e. The summed E-state index contributed by atoms with van der Waals surface area (Å²) in [5.74, 6) is 0.311. The molecule has 0 spiro atoms. The largest absolute Gasteiger partial charge is 0.378 e. The van der Waals surface area contributed by atoms with Crippen molar-refractivity contribution in [2.24, 2.45) is 0 Å². The predicted molar refractivity (Wildman–Crippen MR) is 110 cm³/mol. The highest BCUT2D eigenvalue weighted by atomic mass is 16.5. The standard InChI is InChI=1S/C21H22N6O2/c28-21(25-13-16-5-7-22-8-6-16)18-14-24-20(15-23-18)26-17-3-1-2-4-19(17)27-9-11-29-12-10-27/h1-8,14-15H,9-13H2,(H,24,26)(H,25,28). The van der Waals surface area contributed by atoms with Crippen LogP contribution in [0.25, 0.3) is 0 Å². The first-order valence-corrected chi connectivity index (χ1v) is 9.47. The summed E-state index contributed by atoms with van der Waals surface area (Å²) in [4.78, 5) is 27.1. The lowest BCUT2D eigenvalue weighted by Gasteiger charge is -2.30. The van der Waals surface area contributed by atoms with Gasteiger partial charge in [0.05, 0.1) is 37.0 Å². The molecule has 0 saturated carbocycles. The van der Waals surface area contributed by atoms with Gasteiger partial charge in [0.15, 0.2) is 0 Å². The van der Waals surface area contributed by atoms with Crippen molar-refractivity contribution in [2.75, 3.05) is 36.5 Å². The molecule has 8 nitrogen and oxygen atoms in total. The summed E-state index contributed by atoms with van der Waals surface area (Å²) in [6, 6.07) is 11.8. The molecule has 148 valence electrons. The predicted octanol–water partition coefficient (Wildman–Crippen LogP) is 2.38. The Hall–Kier alpha value is -3.52. The lowest BCUT2D eigenvalue weighted by Crippen LogP contribution is -2.36. The summed E-state index contributed by atoms with van der Waals surface area (Å²) in [5.41, 5.74) is 3.28. The van der Waals surface area contributed by atoms with Crippen molar-refractivity contribution in [1.82, 2.24) is 20.3 Å². The van der Waals surface area contributed by atoms with E-state index < -0.39 is 0 Å². The molecule has 2 aromatic heterocycles. The van der Waals surface area contributed by atoms with Gasteiger partial charge in [0.25, 0.3) is 5.91 Å². The molecule has 1 amide bonds. The van der Waals surface area contributed by atoms with Crippen LogP contribution in [0, 0.1) is 0 Å². The quantitative estimate of drug-likeness (QED) is 0.668. The third kappa shape index (κ3) is 4.85. The monoisotopic (exact) mass is 390 g/mol. The van der Waals surface area contributed by atoms with E-state index in [-0.39, 0.29) is 11.6 Å². The molecular weight excluding hydrogens is 368 g/mol. The molecule has 0 aliphatic carbocycles. The third-order valence-corrected chi connectivity index (χ3v) is 4.61. The molecule has 1 fully saturated rings. The van der Waals surface area contributed by atoms with Crippen LogP contribution < -0.4 is 15.5 Å². The number of hydrogen-bond donors (Lipinski definition) is 2. The molecule has 4 rings (SSSR count). The first kappa shape index (κ1) is 18.8. The van der Waals surface area contributed by atoms with Gasteiger partial charge >= 0.3 is 0 Å². The Labute approximate surface area is 169 Å². The van der Waals surface area contributed by atoms with Gasteiger partial charge in [0.1, 0.15) is 11.5 Å². The van der Waals surface area contributed by atoms with E-state index in [1.54, 1.807) is 18.6 Å². The number of ether oxygens (including phenoxy) is 1. The van der Waals surface area contributed by atoms with E-state index >= 15 is 0 Å². The Morgan fingerprint density at radius 1 is 1.03 bits per heavy atom. The van der Waals surface area contributed by atoms with Crippen molar-refractivity contribution in [2.45, 2.75) is 6.54 Å². The zero-order valence-electron chi connectivity index (χ0n) is 15.9. The number of amides is 1. The Bertz CT molecular complexity index is 943. The number of para-hydroxylation sites is 2. The summed E-state index contributed by atoms with van der Waals surface area (Å²) in [5, 5.41) is 6.13. The van der Waals surface area contributed by atoms with Gasteiger partial charge in [-0.2, -0.15) is 0 Å². The van der Waals surface area contributed by atoms with E-state index in [1.165, 1.54) is 6.20 Å². The van der Waals surface area contributed by atoms with Gasteiger partial charge in [-0.3, -0.25) is 9.78 Å². The first-order valence-electron chi connectivity index (χ1n) is 9.47. The van der Waals surface area contributed by atoms with Crippen molar-refractivity contribution < 1.29 is 9.53 Å². The van der Waals surface area contributed by atoms with Gasteiger partial charge in [0.2, 0.25) is 0 Å². The van der Waals surface area contributed by atoms with Crippen LogP contribution in [0.3, 0.4) is 0 Å². The Morgan fingerprint density at radius 3 is 2.59 bits per heavy atom. The first-order chi connectivity index (χ1) is 14.3. The van der Waals surface area contributed by atoms with E-state index in [4.69, 9.17) is 4.74 Å². The fourth-order valence-electron chi connectivity index (χ4n) is 3.08. The average molecular weight is 390 g/mol. The van der Waals surface area contributed by atoms with Gasteiger partial charge in [0, 0.05) is 32.0 Å². The molecule has 0 atom stereocenters. The van der Waals surface area contributed by atoms with Gasteiger partial charge in [-0.05, 0) is 29.8 Å². The molecule has 1 saturated heterocycles. The fourth-order valence-corrected chi connectivity index (χ4v) is 3.08. The third-order valence-electron chi connectivity index (χ3n) is 4.61. The van der Waals surface area contributed by atoms with Crippen LogP contribution in [-0.4, -0.2) is 47.2 Å². The molecular formula is C21H22N6O2. The summed E-state index contributed by atoms with van der Waals surface area (Å²) in [6.07, 6.45) is 6.42. The van der Waals surface area contributed by atoms with E-state index in [0.29, 0.717) is 12.4 Å². The summed E-state index contributed by atoms with van der Waals surface area (Å²) in [7, 11) is 0. The van der Waals surface area contributed by atoms with Crippen LogP contribution in [0.2, 0.25) is 0 Å². The van der Waals surface area contributed by atoms with E-state index in [1.807, 2.05) is 30.3 Å². The van der Waals surface area contributed by atoms with Crippen molar-refractivity contribution in [3.8, 4) is 0 Å². The maximum atomic E-state index is 12.3. The van der Waals surface area contributed by atoms with Gasteiger partial charge in [-0.15, -0.1) is 0 Å². The number of nitrogens with one attached hydrogen (secondary N) is 2. The molecule has 0 unspecified atom stereocenters. The number of aromatic nitrogens is 3. The van der Waals surface area contributed by atoms with Crippen LogP contribution in [0.5, 0.6) is 0 Å². The normalized spacial score (nSPS) is 13.7. The molecule has 3 heterocycles. The minimum absolute atomic E-state index is 0.269. The number of carbonyl (C=O) groups excluding carboxylic acids is 1. The van der Waals surface area contributed by atoms with Crippen LogP contribution in [-0.2, 0) is 11.3 Å². The van der Waals surface area contributed by atoms with Crippen molar-refractivity contribution in [3.63, 3.8) is 0 Å². The summed E-state index contributed by atoms with van der Waals surface area (Å²) in [6.45, 7) is 3.55. The van der Waals surface area contributed by atoms with Crippen LogP contribution >= 0.6 is 0 Å². The van der Waals surface area contributed by atoms with Crippen LogP contribution in [0.1, 0.15) is 16.1 Å². The number of hydrogen-bond acceptors (Lipinski definition) is 7. The highest BCUT2D eigenvalue weighted by Gasteiger charge is 2.15. The number of anilines is 3. The highest BCUT2D eigenvalue weighted by molar-refractivity contribution is 5.92. The van der Waals surface area contributed by atoms with Crippen LogP contribution in [0.15, 0.2) is 61.2 Å². The molecule has 1 aliphatic rings. The number of rotatable bonds is 6. The van der Waals surface area contributed by atoms with E-state index in [9.17, 15) is 4.79 Å². The van der Waals surface area contributed by atoms with Crippen molar-refractivity contribution in [1.29, 1.82) is 0 Å². The molecule has 1 aromatic carbocycles. The van der Waals surface area contributed by atoms with Crippen LogP contribution in [0.4, 0.5) is 17.2 Å². The number of benzene rings is 1. The SMILES string of the molecule is O=C(NCc1ccncc1)c1cnc(Nc2ccccc2N2CCOCC2)cn1. The number of morpholine rings is 1. The van der Waals surface area contributed by atoms with Crippen molar-refractivity contribution >= 4 is 23.1 Å². The second-order valence-corrected chi connectivity index (χ2v) is 6.57. The minimum atomic E-state index is -0.269. The second kappa shape index (κ2) is 9.11. The van der Waals surface area contributed by atoms with Crippen molar-refractivity contribution in [3.05, 3.63) is 72.4 Å². The lowest BCUT2D eigenvalue weighted by atomic mass is 10.2. The van der Waals surface area contributed by atoms with Gasteiger partial charge in [-0.1, -0.05) is 12.1 Å². The molecule has 1 aliphatic heterocycles. The zero-order valence-corrected chi connectivity index (χ0v) is 15.9. The molecule has 2 N–H and O–H groups in total.